The van der Waals surface area contributed by atoms with Gasteiger partial charge >= 0.3 is 5.97 Å². The molecule has 0 aromatic rings. The van der Waals surface area contributed by atoms with Crippen molar-refractivity contribution in [2.45, 2.75) is 5.60 Å². The molecule has 0 aromatic carbocycles. The van der Waals surface area contributed by atoms with Gasteiger partial charge in [0.05, 0.1) is 6.61 Å². The summed E-state index contributed by atoms with van der Waals surface area (Å²) in [5, 5.41) is 0. The van der Waals surface area contributed by atoms with Crippen LogP contribution in [0.3, 0.4) is 0 Å². The number of hydrogen-bond acceptors (Lipinski definition) is 3. The molecule has 0 aliphatic carbocycles. The van der Waals surface area contributed by atoms with E-state index in [1.165, 1.54) is 0 Å². The maximum absolute atomic E-state index is 10.8. The molecule has 0 N–H and O–H groups in total. The topological polar surface area (TPSA) is 35.5 Å². The van der Waals surface area contributed by atoms with Crippen molar-refractivity contribution in [3.8, 4) is 0 Å². The maximum atomic E-state index is 10.8. The number of rotatable bonds is 5. The first-order chi connectivity index (χ1) is 5.81. The molecule has 0 aliphatic rings. The monoisotopic (exact) mass is 178 g/mol. The molecule has 0 saturated carbocycles. The molecule has 0 saturated heterocycles. The molecule has 0 unspecified atom stereocenters. The minimum absolute atomic E-state index is 0.0574. The van der Waals surface area contributed by atoms with E-state index in [0.29, 0.717) is 5.57 Å². The van der Waals surface area contributed by atoms with Crippen LogP contribution < -0.4 is 0 Å². The van der Waals surface area contributed by atoms with Gasteiger partial charge in [0.2, 0.25) is 0 Å². The lowest BCUT2D eigenvalue weighted by molar-refractivity contribution is -0.154. The van der Waals surface area contributed by atoms with Gasteiger partial charge in [0, 0.05) is 20.8 Å². The molecule has 0 fully saturated rings. The van der Waals surface area contributed by atoms with Gasteiger partial charge in [-0.05, 0) is 12.5 Å². The van der Waals surface area contributed by atoms with E-state index in [1.54, 1.807) is 0 Å². The van der Waals surface area contributed by atoms with E-state index in [1.807, 2.05) is 0 Å². The lowest BCUT2D eigenvalue weighted by atomic mass is 10.2. The van der Waals surface area contributed by atoms with E-state index >= 15 is 0 Å². The van der Waals surface area contributed by atoms with Crippen LogP contribution in [0.4, 0.5) is 0 Å². The van der Waals surface area contributed by atoms with E-state index in [4.69, 9.17) is 32.4 Å². The number of carbonyl (C=O) groups is 1. The van der Waals surface area contributed by atoms with E-state index in [0.717, 1.165) is 0 Å². The van der Waals surface area contributed by atoms with Crippen LogP contribution in [-0.2, 0) is 14.3 Å². The molecule has 8 radical (unpaired) electrons. The standard InChI is InChI=1S/C10H10O3/c1-8(2)6-12-7-9(11)13-10(3,4)5/h1,3-5H,2,6-7H2. The average Bonchev–Trinajstić information content (AvgIpc) is 1.81. The molecule has 0 spiro atoms. The fourth-order valence-electron chi connectivity index (χ4n) is 0.492. The number of ether oxygens (including phenoxy) is 2. The average molecular weight is 178 g/mol. The van der Waals surface area contributed by atoms with Gasteiger partial charge in [0.15, 0.2) is 0 Å². The Kier molecular flexibility index (Phi) is 4.70. The molecule has 13 heavy (non-hydrogen) atoms. The third kappa shape index (κ3) is 9.08. The van der Waals surface area contributed by atoms with Gasteiger partial charge in [-0.3, -0.25) is 0 Å². The van der Waals surface area contributed by atoms with Crippen LogP contribution in [0.1, 0.15) is 0 Å². The molecule has 3 heteroatoms. The summed E-state index contributed by atoms with van der Waals surface area (Å²) < 4.78 is 9.06. The molecule has 3 nitrogen and oxygen atoms in total. The molecule has 0 amide bonds. The Bertz CT molecular complexity index is 189. The minimum Gasteiger partial charge on any atom is -0.456 e. The van der Waals surface area contributed by atoms with Gasteiger partial charge < -0.3 is 9.47 Å². The smallest absolute Gasteiger partial charge is 0.332 e. The van der Waals surface area contributed by atoms with Gasteiger partial charge in [-0.25, -0.2) is 4.79 Å². The highest BCUT2D eigenvalue weighted by Gasteiger charge is 2.17. The van der Waals surface area contributed by atoms with E-state index in [9.17, 15) is 4.79 Å². The van der Waals surface area contributed by atoms with Crippen molar-refractivity contribution in [3.05, 3.63) is 39.8 Å². The summed E-state index contributed by atoms with van der Waals surface area (Å²) in [6, 6.07) is 0. The zero-order valence-electron chi connectivity index (χ0n) is 7.16. The normalized spacial score (nSPS) is 11.1. The molecule has 0 atom stereocenters. The van der Waals surface area contributed by atoms with Gasteiger partial charge in [-0.1, -0.05) is 6.58 Å². The number of esters is 1. The van der Waals surface area contributed by atoms with E-state index in [2.05, 4.69) is 11.3 Å². The van der Waals surface area contributed by atoms with E-state index < -0.39 is 11.6 Å². The fourth-order valence-corrected chi connectivity index (χ4v) is 0.492. The second kappa shape index (κ2) is 5.02. The Morgan fingerprint density at radius 3 is 2.23 bits per heavy atom. The Morgan fingerprint density at radius 1 is 1.31 bits per heavy atom. The molecule has 0 heterocycles. The van der Waals surface area contributed by atoms with Crippen LogP contribution in [0.25, 0.3) is 0 Å². The van der Waals surface area contributed by atoms with Crippen molar-refractivity contribution < 1.29 is 14.3 Å². The largest absolute Gasteiger partial charge is 0.456 e. The predicted octanol–water partition coefficient (Wildman–Crippen LogP) is 0.686. The summed E-state index contributed by atoms with van der Waals surface area (Å²) in [5.41, 5.74) is -1.67. The molecule has 68 valence electrons. The van der Waals surface area contributed by atoms with Gasteiger partial charge in [0.25, 0.3) is 0 Å². The van der Waals surface area contributed by atoms with Crippen LogP contribution in [0.5, 0.6) is 0 Å². The van der Waals surface area contributed by atoms with Crippen LogP contribution in [0, 0.1) is 27.7 Å². The first kappa shape index (κ1) is 12.2. The Hall–Kier alpha value is -0.830. The highest BCUT2D eigenvalue weighted by molar-refractivity contribution is 5.71. The maximum Gasteiger partial charge on any atom is 0.332 e. The molecule has 0 aliphatic heterocycles. The van der Waals surface area contributed by atoms with Crippen molar-refractivity contribution in [1.82, 2.24) is 0 Å². The van der Waals surface area contributed by atoms with Crippen molar-refractivity contribution >= 4 is 5.97 Å². The summed E-state index contributed by atoms with van der Waals surface area (Å²) in [4.78, 5) is 10.8. The highest BCUT2D eigenvalue weighted by Crippen LogP contribution is 2.04. The predicted molar refractivity (Wildman–Crippen MR) is 46.0 cm³/mol. The second-order valence-electron chi connectivity index (χ2n) is 2.48. The number of hydrogen-bond donors (Lipinski definition) is 0. The molecular weight excluding hydrogens is 168 g/mol. The Labute approximate surface area is 79.7 Å². The van der Waals surface area contributed by atoms with Crippen LogP contribution in [0.2, 0.25) is 0 Å². The zero-order valence-corrected chi connectivity index (χ0v) is 7.16. The van der Waals surface area contributed by atoms with Crippen LogP contribution in [-0.4, -0.2) is 24.8 Å². The summed E-state index contributed by atoms with van der Waals surface area (Å²) in [6.45, 7) is 23.2. The summed E-state index contributed by atoms with van der Waals surface area (Å²) in [5.74, 6) is -0.770. The summed E-state index contributed by atoms with van der Waals surface area (Å²) >= 11 is 0. The number of carbonyl (C=O) groups excluding carboxylic acids is 1. The molecule has 0 bridgehead atoms. The zero-order chi connectivity index (χ0) is 10.5. The quantitative estimate of drug-likeness (QED) is 0.581. The fraction of sp³-hybridized carbons (Fsp3) is 0.300. The van der Waals surface area contributed by atoms with Crippen LogP contribution in [0.15, 0.2) is 12.2 Å². The summed E-state index contributed by atoms with van der Waals surface area (Å²) in [7, 11) is 0. The van der Waals surface area contributed by atoms with Crippen molar-refractivity contribution in [2.75, 3.05) is 13.2 Å². The Balaban J connectivity index is 3.59. The minimum atomic E-state index is -1.97. The van der Waals surface area contributed by atoms with E-state index in [-0.39, 0.29) is 13.2 Å². The van der Waals surface area contributed by atoms with Crippen molar-refractivity contribution in [1.29, 1.82) is 0 Å². The SMILES string of the molecule is [CH]C(=C)COCC(=O)OC([CH])([CH])[CH]. The highest BCUT2D eigenvalue weighted by atomic mass is 16.6. The van der Waals surface area contributed by atoms with Crippen molar-refractivity contribution in [2.24, 2.45) is 0 Å². The van der Waals surface area contributed by atoms with Crippen LogP contribution >= 0.6 is 0 Å². The van der Waals surface area contributed by atoms with Crippen molar-refractivity contribution in [3.63, 3.8) is 0 Å². The molecule has 0 aromatic heterocycles. The lowest BCUT2D eigenvalue weighted by Crippen LogP contribution is -2.27. The molecule has 0 rings (SSSR count). The first-order valence-corrected chi connectivity index (χ1v) is 3.41. The molecular formula is C10H10O3. The van der Waals surface area contributed by atoms with Gasteiger partial charge in [-0.15, -0.1) is 0 Å². The first-order valence-electron chi connectivity index (χ1n) is 3.41. The summed E-state index contributed by atoms with van der Waals surface area (Å²) in [6.07, 6.45) is 0. The Morgan fingerprint density at radius 2 is 1.85 bits per heavy atom. The van der Waals surface area contributed by atoms with Gasteiger partial charge in [-0.2, -0.15) is 0 Å². The lowest BCUT2D eigenvalue weighted by Gasteiger charge is -2.17. The third-order valence-electron chi connectivity index (χ3n) is 0.798. The second-order valence-corrected chi connectivity index (χ2v) is 2.48. The van der Waals surface area contributed by atoms with Gasteiger partial charge in [0.1, 0.15) is 12.2 Å². The third-order valence-corrected chi connectivity index (χ3v) is 0.798.